The molecule has 2 bridgehead atoms. The van der Waals surface area contributed by atoms with Crippen LogP contribution in [0.2, 0.25) is 0 Å². The minimum absolute atomic E-state index is 0.00361. The fraction of sp³-hybridized carbons (Fsp3) is 0.545. The van der Waals surface area contributed by atoms with Gasteiger partial charge < -0.3 is 14.1 Å². The maximum atomic E-state index is 12.1. The van der Waals surface area contributed by atoms with Gasteiger partial charge in [-0.05, 0) is 12.5 Å². The first-order valence-corrected chi connectivity index (χ1v) is 6.39. The minimum atomic E-state index is -0.00361. The van der Waals surface area contributed by atoms with Gasteiger partial charge in [0.05, 0.1) is 7.11 Å². The van der Waals surface area contributed by atoms with E-state index in [-0.39, 0.29) is 5.91 Å². The molecular weight excluding hydrogens is 226 g/mol. The van der Waals surface area contributed by atoms with Crippen molar-refractivity contribution in [3.8, 4) is 5.95 Å². The molecule has 5 heteroatoms. The highest BCUT2D eigenvalue weighted by Crippen LogP contribution is 2.38. The molecule has 2 atom stereocenters. The Morgan fingerprint density at radius 2 is 2.50 bits per heavy atom. The number of nitrogens with zero attached hydrogens (tertiary/aromatic N) is 1. The van der Waals surface area contributed by atoms with E-state index in [4.69, 9.17) is 9.15 Å². The SMILES string of the molecule is COc1ccc(C(=O)N2C[C@@H]3C[C@H]2CS3)o1. The Bertz CT molecular complexity index is 417. The van der Waals surface area contributed by atoms with E-state index in [1.165, 1.54) is 7.11 Å². The third-order valence-electron chi connectivity index (χ3n) is 3.15. The Hall–Kier alpha value is -1.10. The molecule has 0 N–H and O–H groups in total. The first-order chi connectivity index (χ1) is 7.78. The number of carbonyl (C=O) groups is 1. The summed E-state index contributed by atoms with van der Waals surface area (Å²) in [5, 5.41) is 0.630. The molecular formula is C11H13NO3S. The van der Waals surface area contributed by atoms with Crippen molar-refractivity contribution >= 4 is 17.7 Å². The van der Waals surface area contributed by atoms with Crippen LogP contribution in [0.1, 0.15) is 17.0 Å². The second-order valence-corrected chi connectivity index (χ2v) is 5.46. The lowest BCUT2D eigenvalue weighted by Crippen LogP contribution is -2.38. The predicted octanol–water partition coefficient (Wildman–Crippen LogP) is 1.62. The number of carbonyl (C=O) groups excluding carboxylic acids is 1. The molecule has 1 aromatic rings. The van der Waals surface area contributed by atoms with E-state index in [9.17, 15) is 4.79 Å². The van der Waals surface area contributed by atoms with Crippen molar-refractivity contribution in [3.63, 3.8) is 0 Å². The number of thioether (sulfide) groups is 1. The molecule has 2 saturated heterocycles. The average Bonchev–Trinajstić information content (AvgIpc) is 3.03. The van der Waals surface area contributed by atoms with Crippen LogP contribution in [0.15, 0.2) is 16.5 Å². The number of amides is 1. The largest absolute Gasteiger partial charge is 0.468 e. The fourth-order valence-corrected chi connectivity index (χ4v) is 3.77. The molecule has 1 aromatic heterocycles. The Kier molecular flexibility index (Phi) is 2.35. The van der Waals surface area contributed by atoms with Crippen LogP contribution in [0, 0.1) is 0 Å². The van der Waals surface area contributed by atoms with Crippen molar-refractivity contribution in [1.82, 2.24) is 4.90 Å². The van der Waals surface area contributed by atoms with Gasteiger partial charge in [-0.3, -0.25) is 4.79 Å². The van der Waals surface area contributed by atoms with Crippen LogP contribution in [0.5, 0.6) is 5.95 Å². The summed E-state index contributed by atoms with van der Waals surface area (Å²) in [4.78, 5) is 14.1. The van der Waals surface area contributed by atoms with E-state index in [2.05, 4.69) is 0 Å². The van der Waals surface area contributed by atoms with Gasteiger partial charge in [0.1, 0.15) is 0 Å². The van der Waals surface area contributed by atoms with Gasteiger partial charge in [-0.25, -0.2) is 0 Å². The van der Waals surface area contributed by atoms with Crippen LogP contribution in [0.4, 0.5) is 0 Å². The van der Waals surface area contributed by atoms with E-state index in [0.717, 1.165) is 18.7 Å². The molecule has 86 valence electrons. The lowest BCUT2D eigenvalue weighted by molar-refractivity contribution is 0.0709. The Morgan fingerprint density at radius 1 is 1.62 bits per heavy atom. The van der Waals surface area contributed by atoms with Gasteiger partial charge in [0, 0.05) is 29.7 Å². The molecule has 16 heavy (non-hydrogen) atoms. The van der Waals surface area contributed by atoms with Crippen molar-refractivity contribution in [2.75, 3.05) is 19.4 Å². The Morgan fingerprint density at radius 3 is 3.06 bits per heavy atom. The highest BCUT2D eigenvalue weighted by molar-refractivity contribution is 8.00. The van der Waals surface area contributed by atoms with Gasteiger partial charge in [-0.1, -0.05) is 0 Å². The van der Waals surface area contributed by atoms with Crippen molar-refractivity contribution in [2.24, 2.45) is 0 Å². The Labute approximate surface area is 97.9 Å². The molecule has 3 heterocycles. The van der Waals surface area contributed by atoms with Gasteiger partial charge in [-0.2, -0.15) is 11.8 Å². The van der Waals surface area contributed by atoms with Crippen molar-refractivity contribution in [3.05, 3.63) is 17.9 Å². The molecule has 0 spiro atoms. The fourth-order valence-electron chi connectivity index (χ4n) is 2.33. The van der Waals surface area contributed by atoms with Crippen LogP contribution in [-0.2, 0) is 0 Å². The van der Waals surface area contributed by atoms with Crippen LogP contribution < -0.4 is 4.74 Å². The van der Waals surface area contributed by atoms with Gasteiger partial charge >= 0.3 is 0 Å². The zero-order valence-electron chi connectivity index (χ0n) is 9.01. The molecule has 3 rings (SSSR count). The zero-order chi connectivity index (χ0) is 11.1. The average molecular weight is 239 g/mol. The summed E-state index contributed by atoms with van der Waals surface area (Å²) in [6.07, 6.45) is 1.13. The van der Waals surface area contributed by atoms with Crippen molar-refractivity contribution < 1.29 is 13.9 Å². The van der Waals surface area contributed by atoms with E-state index < -0.39 is 0 Å². The number of fused-ring (bicyclic) bond motifs is 2. The number of furan rings is 1. The normalized spacial score (nSPS) is 27.4. The molecule has 2 fully saturated rings. The number of hydrogen-bond donors (Lipinski definition) is 0. The van der Waals surface area contributed by atoms with Gasteiger partial charge in [0.2, 0.25) is 0 Å². The maximum Gasteiger partial charge on any atom is 0.290 e. The van der Waals surface area contributed by atoms with Crippen molar-refractivity contribution in [1.29, 1.82) is 0 Å². The molecule has 0 unspecified atom stereocenters. The molecule has 2 aliphatic rings. The summed E-state index contributed by atoms with van der Waals surface area (Å²) in [5.74, 6) is 1.83. The minimum Gasteiger partial charge on any atom is -0.468 e. The van der Waals surface area contributed by atoms with Crippen LogP contribution in [0.3, 0.4) is 0 Å². The second-order valence-electron chi connectivity index (χ2n) is 4.13. The van der Waals surface area contributed by atoms with E-state index >= 15 is 0 Å². The topological polar surface area (TPSA) is 42.7 Å². The third-order valence-corrected chi connectivity index (χ3v) is 4.54. The standard InChI is InChI=1S/C11H13NO3S/c1-14-10-3-2-9(15-10)11(13)12-5-8-4-7(12)6-16-8/h2-3,7-8H,4-6H2,1H3/t7-,8-/m0/s1. The summed E-state index contributed by atoms with van der Waals surface area (Å²) in [5.41, 5.74) is 0. The first-order valence-electron chi connectivity index (χ1n) is 5.34. The maximum absolute atomic E-state index is 12.1. The number of methoxy groups -OCH3 is 1. The lowest BCUT2D eigenvalue weighted by atomic mass is 10.2. The molecule has 0 aliphatic carbocycles. The van der Waals surface area contributed by atoms with Crippen LogP contribution in [-0.4, -0.2) is 41.5 Å². The van der Waals surface area contributed by atoms with E-state index in [1.54, 1.807) is 12.1 Å². The summed E-state index contributed by atoms with van der Waals surface area (Å²) in [7, 11) is 1.53. The molecule has 0 aromatic carbocycles. The van der Waals surface area contributed by atoms with Crippen molar-refractivity contribution in [2.45, 2.75) is 17.7 Å². The molecule has 4 nitrogen and oxygen atoms in total. The quantitative estimate of drug-likeness (QED) is 0.786. The van der Waals surface area contributed by atoms with Gasteiger partial charge in [-0.15, -0.1) is 0 Å². The highest BCUT2D eigenvalue weighted by Gasteiger charge is 2.41. The number of ether oxygens (including phenoxy) is 1. The number of hydrogen-bond acceptors (Lipinski definition) is 4. The summed E-state index contributed by atoms with van der Waals surface area (Å²) in [6.45, 7) is 0.858. The zero-order valence-corrected chi connectivity index (χ0v) is 9.83. The van der Waals surface area contributed by atoms with E-state index in [1.807, 2.05) is 16.7 Å². The molecule has 2 aliphatic heterocycles. The first kappa shape index (κ1) is 10.1. The van der Waals surface area contributed by atoms with Crippen LogP contribution in [0.25, 0.3) is 0 Å². The molecule has 0 radical (unpaired) electrons. The monoisotopic (exact) mass is 239 g/mol. The highest BCUT2D eigenvalue weighted by atomic mass is 32.2. The Balaban J connectivity index is 1.77. The summed E-state index contributed by atoms with van der Waals surface area (Å²) in [6, 6.07) is 3.76. The third kappa shape index (κ3) is 1.50. The lowest BCUT2D eigenvalue weighted by Gasteiger charge is -2.25. The second kappa shape index (κ2) is 3.73. The van der Waals surface area contributed by atoms with Gasteiger partial charge in [0.25, 0.3) is 11.9 Å². The summed E-state index contributed by atoms with van der Waals surface area (Å²) < 4.78 is 10.2. The van der Waals surface area contributed by atoms with Gasteiger partial charge in [0.15, 0.2) is 5.76 Å². The predicted molar refractivity (Wildman–Crippen MR) is 60.9 cm³/mol. The molecule has 1 amide bonds. The summed E-state index contributed by atoms with van der Waals surface area (Å²) >= 11 is 1.97. The van der Waals surface area contributed by atoms with Crippen LogP contribution >= 0.6 is 11.8 Å². The van der Waals surface area contributed by atoms with E-state index in [0.29, 0.717) is 23.0 Å². The number of likely N-dealkylation sites (tertiary alicyclic amines) is 1. The number of rotatable bonds is 2. The molecule has 0 saturated carbocycles. The smallest absolute Gasteiger partial charge is 0.290 e.